The van der Waals surface area contributed by atoms with Crippen LogP contribution >= 0.6 is 23.2 Å². The summed E-state index contributed by atoms with van der Waals surface area (Å²) in [4.78, 5) is 47.9. The number of hydrogen-bond donors (Lipinski definition) is 3. The molecule has 7 nitrogen and oxygen atoms in total. The second-order valence-electron chi connectivity index (χ2n) is 7.88. The number of Topliss-reactive ketones (excluding diaryl/α,β-unsaturated/α-hetero) is 2. The zero-order valence-electron chi connectivity index (χ0n) is 17.8. The monoisotopic (exact) mass is 470 g/mol. The molecule has 0 heterocycles. The van der Waals surface area contributed by atoms with Crippen molar-refractivity contribution in [2.45, 2.75) is 58.9 Å². The maximum atomic E-state index is 12.2. The Morgan fingerprint density at radius 1 is 1.03 bits per heavy atom. The first kappa shape index (κ1) is 26.8. The van der Waals surface area contributed by atoms with Crippen molar-refractivity contribution in [1.29, 1.82) is 5.41 Å². The highest BCUT2D eigenvalue weighted by molar-refractivity contribution is 6.36. The number of rotatable bonds is 13. The molecule has 0 saturated carbocycles. The highest BCUT2D eigenvalue weighted by atomic mass is 35.5. The molecule has 0 bridgehead atoms. The normalized spacial score (nSPS) is 12.8. The van der Waals surface area contributed by atoms with Gasteiger partial charge in [-0.2, -0.15) is 0 Å². The molecule has 3 N–H and O–H groups in total. The van der Waals surface area contributed by atoms with Gasteiger partial charge >= 0.3 is 5.97 Å². The van der Waals surface area contributed by atoms with E-state index in [1.807, 2.05) is 13.8 Å². The molecule has 0 spiro atoms. The van der Waals surface area contributed by atoms with Crippen LogP contribution in [0, 0.1) is 17.2 Å². The fourth-order valence-corrected chi connectivity index (χ4v) is 3.29. The van der Waals surface area contributed by atoms with Gasteiger partial charge in [-0.3, -0.25) is 14.4 Å². The van der Waals surface area contributed by atoms with Crippen LogP contribution in [0.5, 0.6) is 0 Å². The van der Waals surface area contributed by atoms with E-state index in [9.17, 15) is 24.3 Å². The third kappa shape index (κ3) is 9.19. The van der Waals surface area contributed by atoms with Crippen LogP contribution < -0.4 is 5.32 Å². The van der Waals surface area contributed by atoms with Gasteiger partial charge in [0.15, 0.2) is 0 Å². The minimum atomic E-state index is -1.22. The van der Waals surface area contributed by atoms with E-state index in [1.54, 1.807) is 25.1 Å². The van der Waals surface area contributed by atoms with Gasteiger partial charge in [0, 0.05) is 47.4 Å². The molecule has 1 unspecified atom stereocenters. The molecule has 0 radical (unpaired) electrons. The molecular weight excluding hydrogens is 443 g/mol. The van der Waals surface area contributed by atoms with Crippen LogP contribution in [0.3, 0.4) is 0 Å². The van der Waals surface area contributed by atoms with E-state index in [4.69, 9.17) is 28.6 Å². The first-order chi connectivity index (χ1) is 14.4. The summed E-state index contributed by atoms with van der Waals surface area (Å²) in [7, 11) is 0. The molecule has 0 fully saturated rings. The molecule has 1 aromatic carbocycles. The fraction of sp³-hybridized carbons (Fsp3) is 0.500. The number of benzene rings is 1. The number of hydrogen-bond acceptors (Lipinski definition) is 5. The summed E-state index contributed by atoms with van der Waals surface area (Å²) in [5, 5.41) is 20.4. The molecule has 0 aliphatic rings. The van der Waals surface area contributed by atoms with Crippen LogP contribution in [0.25, 0.3) is 0 Å². The quantitative estimate of drug-likeness (QED) is 0.374. The van der Waals surface area contributed by atoms with Crippen LogP contribution in [-0.2, 0) is 25.6 Å². The Labute approximate surface area is 192 Å². The zero-order valence-corrected chi connectivity index (χ0v) is 19.3. The molecule has 1 aromatic rings. The lowest BCUT2D eigenvalue weighted by Gasteiger charge is -2.19. The maximum absolute atomic E-state index is 12.2. The van der Waals surface area contributed by atoms with Gasteiger partial charge in [-0.25, -0.2) is 4.79 Å². The summed E-state index contributed by atoms with van der Waals surface area (Å²) in [6, 6.07) is 3.71. The van der Waals surface area contributed by atoms with Gasteiger partial charge in [-0.15, -0.1) is 0 Å². The lowest BCUT2D eigenvalue weighted by Crippen LogP contribution is -2.44. The Hall–Kier alpha value is -2.25. The molecular formula is C22H28Cl2N2O5. The molecule has 2 atom stereocenters. The summed E-state index contributed by atoms with van der Waals surface area (Å²) in [5.74, 6) is -2.58. The Bertz CT molecular complexity index is 834. The molecule has 0 aromatic heterocycles. The first-order valence-electron chi connectivity index (χ1n) is 9.98. The first-order valence-corrected chi connectivity index (χ1v) is 10.7. The summed E-state index contributed by atoms with van der Waals surface area (Å²) in [6.45, 7) is 5.42. The number of carbonyl (C=O) groups excluding carboxylic acids is 3. The number of aliphatic carboxylic acids is 1. The van der Waals surface area contributed by atoms with Crippen molar-refractivity contribution >= 4 is 52.4 Å². The van der Waals surface area contributed by atoms with Gasteiger partial charge in [0.05, 0.1) is 0 Å². The summed E-state index contributed by atoms with van der Waals surface area (Å²) >= 11 is 12.1. The minimum Gasteiger partial charge on any atom is -0.480 e. The fourth-order valence-electron chi connectivity index (χ4n) is 2.76. The van der Waals surface area contributed by atoms with Crippen LogP contribution in [0.1, 0.15) is 52.0 Å². The number of carbonyl (C=O) groups is 4. The second kappa shape index (κ2) is 12.6. The molecule has 1 amide bonds. The summed E-state index contributed by atoms with van der Waals surface area (Å²) in [6.07, 6.45) is -0.736. The highest BCUT2D eigenvalue weighted by Gasteiger charge is 2.25. The van der Waals surface area contributed by atoms with Gasteiger partial charge in [-0.05, 0) is 30.0 Å². The predicted molar refractivity (Wildman–Crippen MR) is 120 cm³/mol. The van der Waals surface area contributed by atoms with E-state index in [2.05, 4.69) is 5.32 Å². The third-order valence-electron chi connectivity index (χ3n) is 5.00. The molecule has 9 heteroatoms. The lowest BCUT2D eigenvalue weighted by molar-refractivity contribution is -0.143. The standard InChI is InChI=1S/C22H28Cl2N2O5/c1-12(2)13(3)21(29)26-20(22(30)31)8-7-15(27)9-14(25)10-16(28)11-17-18(23)5-4-6-19(17)24/h4-6,12-13,20,25H,7-11H2,1-3H3,(H,26,29)(H,30,31)/t13-,20?/m1/s1. The minimum absolute atomic E-state index is 0.0454. The maximum Gasteiger partial charge on any atom is 0.326 e. The highest BCUT2D eigenvalue weighted by Crippen LogP contribution is 2.25. The van der Waals surface area contributed by atoms with Gasteiger partial charge in [0.1, 0.15) is 17.6 Å². The van der Waals surface area contributed by atoms with Gasteiger partial charge in [0.2, 0.25) is 5.91 Å². The Morgan fingerprint density at radius 2 is 1.58 bits per heavy atom. The number of halogens is 2. The average molecular weight is 471 g/mol. The van der Waals surface area contributed by atoms with Crippen LogP contribution in [0.4, 0.5) is 0 Å². The second-order valence-corrected chi connectivity index (χ2v) is 8.70. The molecule has 1 rings (SSSR count). The SMILES string of the molecule is CC(C)[C@@H](C)C(=O)NC(CCC(=O)CC(=N)CC(=O)Cc1c(Cl)cccc1Cl)C(=O)O. The van der Waals surface area contributed by atoms with E-state index in [0.29, 0.717) is 15.6 Å². The average Bonchev–Trinajstić information content (AvgIpc) is 2.66. The van der Waals surface area contributed by atoms with Crippen molar-refractivity contribution < 1.29 is 24.3 Å². The van der Waals surface area contributed by atoms with E-state index in [-0.39, 0.29) is 67.1 Å². The van der Waals surface area contributed by atoms with Crippen LogP contribution in [-0.4, -0.2) is 40.3 Å². The predicted octanol–water partition coefficient (Wildman–Crippen LogP) is 4.12. The van der Waals surface area contributed by atoms with Crippen molar-refractivity contribution in [1.82, 2.24) is 5.32 Å². The third-order valence-corrected chi connectivity index (χ3v) is 5.70. The Balaban J connectivity index is 2.53. The van der Waals surface area contributed by atoms with Crippen molar-refractivity contribution in [2.24, 2.45) is 11.8 Å². The molecule has 170 valence electrons. The van der Waals surface area contributed by atoms with Gasteiger partial charge < -0.3 is 15.8 Å². The van der Waals surface area contributed by atoms with Crippen molar-refractivity contribution in [3.8, 4) is 0 Å². The van der Waals surface area contributed by atoms with Gasteiger partial charge in [-0.1, -0.05) is 50.0 Å². The van der Waals surface area contributed by atoms with Crippen LogP contribution in [0.15, 0.2) is 18.2 Å². The number of carboxylic acids is 1. The molecule has 31 heavy (non-hydrogen) atoms. The summed E-state index contributed by atoms with van der Waals surface area (Å²) in [5.41, 5.74) is 0.410. The van der Waals surface area contributed by atoms with Crippen LogP contribution in [0.2, 0.25) is 10.0 Å². The van der Waals surface area contributed by atoms with E-state index in [1.165, 1.54) is 0 Å². The summed E-state index contributed by atoms with van der Waals surface area (Å²) < 4.78 is 0. The smallest absolute Gasteiger partial charge is 0.326 e. The Kier molecular flexibility index (Phi) is 10.9. The van der Waals surface area contributed by atoms with Crippen molar-refractivity contribution in [3.05, 3.63) is 33.8 Å². The Morgan fingerprint density at radius 3 is 2.10 bits per heavy atom. The van der Waals surface area contributed by atoms with Crippen molar-refractivity contribution in [3.63, 3.8) is 0 Å². The number of amides is 1. The largest absolute Gasteiger partial charge is 0.480 e. The van der Waals surface area contributed by atoms with E-state index >= 15 is 0 Å². The van der Waals surface area contributed by atoms with Gasteiger partial charge in [0.25, 0.3) is 0 Å². The van der Waals surface area contributed by atoms with E-state index < -0.39 is 12.0 Å². The number of carboxylic acid groups (broad SMARTS) is 1. The lowest BCUT2D eigenvalue weighted by atomic mass is 9.96. The molecule has 0 aliphatic carbocycles. The van der Waals surface area contributed by atoms with Crippen molar-refractivity contribution in [2.75, 3.05) is 0 Å². The zero-order chi connectivity index (χ0) is 23.7. The molecule has 0 saturated heterocycles. The number of nitrogens with one attached hydrogen (secondary N) is 2. The molecule has 0 aliphatic heterocycles. The number of ketones is 2. The van der Waals surface area contributed by atoms with E-state index in [0.717, 1.165) is 0 Å². The topological polar surface area (TPSA) is 124 Å².